The second kappa shape index (κ2) is 8.43. The lowest BCUT2D eigenvalue weighted by atomic mass is 10.1. The van der Waals surface area contributed by atoms with Crippen molar-refractivity contribution < 1.29 is 23.8 Å². The minimum atomic E-state index is -0.217. The summed E-state index contributed by atoms with van der Waals surface area (Å²) in [5, 5.41) is 2.97. The van der Waals surface area contributed by atoms with Gasteiger partial charge in [0, 0.05) is 24.7 Å². The maximum Gasteiger partial charge on any atom is 0.229 e. The molecule has 0 aromatic heterocycles. The van der Waals surface area contributed by atoms with Crippen LogP contribution in [-0.4, -0.2) is 44.2 Å². The quantitative estimate of drug-likeness (QED) is 0.811. The van der Waals surface area contributed by atoms with Gasteiger partial charge in [0.05, 0.1) is 19.1 Å². The molecule has 2 aromatic rings. The van der Waals surface area contributed by atoms with Gasteiger partial charge in [0.15, 0.2) is 11.5 Å². The SMILES string of the molecule is CCOc1ccc(CC(=O)N[C@@H]2CC(=O)N(c3ccc4c(c3)OCCO4)C2)cc1. The van der Waals surface area contributed by atoms with Crippen LogP contribution in [-0.2, 0) is 16.0 Å². The van der Waals surface area contributed by atoms with Crippen molar-refractivity contribution in [3.63, 3.8) is 0 Å². The van der Waals surface area contributed by atoms with Crippen LogP contribution < -0.4 is 24.4 Å². The zero-order chi connectivity index (χ0) is 20.2. The van der Waals surface area contributed by atoms with Crippen molar-refractivity contribution in [3.05, 3.63) is 48.0 Å². The molecule has 2 heterocycles. The molecule has 0 spiro atoms. The third-order valence-electron chi connectivity index (χ3n) is 4.93. The fourth-order valence-electron chi connectivity index (χ4n) is 3.59. The normalized spacial score (nSPS) is 17.9. The van der Waals surface area contributed by atoms with Crippen molar-refractivity contribution in [2.45, 2.75) is 25.8 Å². The van der Waals surface area contributed by atoms with Gasteiger partial charge in [-0.15, -0.1) is 0 Å². The minimum absolute atomic E-state index is 0.0203. The summed E-state index contributed by atoms with van der Waals surface area (Å²) in [6.45, 7) is 3.99. The molecule has 2 amide bonds. The lowest BCUT2D eigenvalue weighted by Gasteiger charge is -2.22. The standard InChI is InChI=1S/C22H24N2O5/c1-2-27-18-6-3-15(4-7-18)11-21(25)23-16-12-22(26)24(14-16)17-5-8-19-20(13-17)29-10-9-28-19/h3-8,13,16H,2,9-12,14H2,1H3,(H,23,25)/t16-/m1/s1. The average Bonchev–Trinajstić information content (AvgIpc) is 3.09. The number of rotatable bonds is 6. The van der Waals surface area contributed by atoms with Crippen LogP contribution in [0.1, 0.15) is 18.9 Å². The van der Waals surface area contributed by atoms with Gasteiger partial charge in [0.2, 0.25) is 11.8 Å². The van der Waals surface area contributed by atoms with E-state index in [0.29, 0.717) is 37.9 Å². The zero-order valence-corrected chi connectivity index (χ0v) is 16.3. The Labute approximate surface area is 169 Å². The van der Waals surface area contributed by atoms with Crippen LogP contribution >= 0.6 is 0 Å². The summed E-state index contributed by atoms with van der Waals surface area (Å²) >= 11 is 0. The molecule has 0 saturated carbocycles. The Morgan fingerprint density at radius 2 is 1.90 bits per heavy atom. The fraction of sp³-hybridized carbons (Fsp3) is 0.364. The van der Waals surface area contributed by atoms with E-state index in [1.165, 1.54) is 0 Å². The lowest BCUT2D eigenvalue weighted by Crippen LogP contribution is -2.38. The van der Waals surface area contributed by atoms with E-state index in [1.54, 1.807) is 4.90 Å². The molecule has 152 valence electrons. The number of carbonyl (C=O) groups excluding carboxylic acids is 2. The molecule has 7 heteroatoms. The second-order valence-electron chi connectivity index (χ2n) is 7.05. The maximum atomic E-state index is 12.5. The van der Waals surface area contributed by atoms with Crippen molar-refractivity contribution in [3.8, 4) is 17.2 Å². The van der Waals surface area contributed by atoms with Crippen molar-refractivity contribution in [2.75, 3.05) is 31.3 Å². The highest BCUT2D eigenvalue weighted by atomic mass is 16.6. The number of amides is 2. The van der Waals surface area contributed by atoms with E-state index in [1.807, 2.05) is 49.4 Å². The molecule has 0 bridgehead atoms. The Kier molecular flexibility index (Phi) is 5.55. The van der Waals surface area contributed by atoms with Gasteiger partial charge in [-0.05, 0) is 36.8 Å². The van der Waals surface area contributed by atoms with E-state index >= 15 is 0 Å². The molecule has 1 saturated heterocycles. The van der Waals surface area contributed by atoms with Crippen molar-refractivity contribution in [2.24, 2.45) is 0 Å². The highest BCUT2D eigenvalue weighted by Gasteiger charge is 2.32. The molecule has 1 atom stereocenters. The van der Waals surface area contributed by atoms with Crippen molar-refractivity contribution in [1.82, 2.24) is 5.32 Å². The fourth-order valence-corrected chi connectivity index (χ4v) is 3.59. The van der Waals surface area contributed by atoms with Crippen molar-refractivity contribution in [1.29, 1.82) is 0 Å². The summed E-state index contributed by atoms with van der Waals surface area (Å²) in [7, 11) is 0. The smallest absolute Gasteiger partial charge is 0.229 e. The Morgan fingerprint density at radius 1 is 1.14 bits per heavy atom. The van der Waals surface area contributed by atoms with E-state index < -0.39 is 0 Å². The monoisotopic (exact) mass is 396 g/mol. The molecule has 7 nitrogen and oxygen atoms in total. The molecule has 2 aromatic carbocycles. The van der Waals surface area contributed by atoms with Crippen LogP contribution in [0.15, 0.2) is 42.5 Å². The molecule has 1 N–H and O–H groups in total. The van der Waals surface area contributed by atoms with E-state index in [4.69, 9.17) is 14.2 Å². The second-order valence-corrected chi connectivity index (χ2v) is 7.05. The predicted molar refractivity (Wildman–Crippen MR) is 108 cm³/mol. The molecular weight excluding hydrogens is 372 g/mol. The number of nitrogens with zero attached hydrogens (tertiary/aromatic N) is 1. The Morgan fingerprint density at radius 3 is 2.66 bits per heavy atom. The molecule has 0 aliphatic carbocycles. The van der Waals surface area contributed by atoms with E-state index in [0.717, 1.165) is 17.0 Å². The molecule has 29 heavy (non-hydrogen) atoms. The van der Waals surface area contributed by atoms with Gasteiger partial charge in [-0.1, -0.05) is 12.1 Å². The van der Waals surface area contributed by atoms with Gasteiger partial charge in [0.25, 0.3) is 0 Å². The van der Waals surface area contributed by atoms with Gasteiger partial charge in [-0.25, -0.2) is 0 Å². The molecule has 2 aliphatic heterocycles. The average molecular weight is 396 g/mol. The largest absolute Gasteiger partial charge is 0.494 e. The van der Waals surface area contributed by atoms with Crippen LogP contribution in [0, 0.1) is 0 Å². The summed E-state index contributed by atoms with van der Waals surface area (Å²) < 4.78 is 16.5. The molecule has 0 unspecified atom stereocenters. The number of ether oxygens (including phenoxy) is 3. The number of anilines is 1. The molecule has 0 radical (unpaired) electrons. The summed E-state index contributed by atoms with van der Waals surface area (Å²) in [6, 6.07) is 12.7. The summed E-state index contributed by atoms with van der Waals surface area (Å²) in [4.78, 5) is 26.6. The first-order chi connectivity index (χ1) is 14.1. The van der Waals surface area contributed by atoms with Crippen LogP contribution in [0.2, 0.25) is 0 Å². The first kappa shape index (κ1) is 19.1. The summed E-state index contributed by atoms with van der Waals surface area (Å²) in [5.41, 5.74) is 1.65. The van der Waals surface area contributed by atoms with Crippen molar-refractivity contribution >= 4 is 17.5 Å². The first-order valence-corrected chi connectivity index (χ1v) is 9.83. The third kappa shape index (κ3) is 4.45. The van der Waals surface area contributed by atoms with E-state index in [2.05, 4.69) is 5.32 Å². The highest BCUT2D eigenvalue weighted by molar-refractivity contribution is 5.97. The zero-order valence-electron chi connectivity index (χ0n) is 16.3. The topological polar surface area (TPSA) is 77.1 Å². The van der Waals surface area contributed by atoms with E-state index in [9.17, 15) is 9.59 Å². The van der Waals surface area contributed by atoms with Gasteiger partial charge in [0.1, 0.15) is 19.0 Å². The molecular formula is C22H24N2O5. The van der Waals surface area contributed by atoms with Gasteiger partial charge in [-0.3, -0.25) is 9.59 Å². The number of hydrogen-bond acceptors (Lipinski definition) is 5. The van der Waals surface area contributed by atoms with Crippen LogP contribution in [0.3, 0.4) is 0 Å². The predicted octanol–water partition coefficient (Wildman–Crippen LogP) is 2.32. The molecule has 2 aliphatic rings. The third-order valence-corrected chi connectivity index (χ3v) is 4.93. The number of nitrogens with one attached hydrogen (secondary N) is 1. The van der Waals surface area contributed by atoms with Crippen LogP contribution in [0.25, 0.3) is 0 Å². The minimum Gasteiger partial charge on any atom is -0.494 e. The summed E-state index contributed by atoms with van der Waals surface area (Å²) in [6.07, 6.45) is 0.546. The Balaban J connectivity index is 1.35. The number of fused-ring (bicyclic) bond motifs is 1. The van der Waals surface area contributed by atoms with Gasteiger partial charge in [-0.2, -0.15) is 0 Å². The summed E-state index contributed by atoms with van der Waals surface area (Å²) in [5.74, 6) is 1.99. The number of benzene rings is 2. The molecule has 4 rings (SSSR count). The number of hydrogen-bond donors (Lipinski definition) is 1. The number of carbonyl (C=O) groups is 2. The van der Waals surface area contributed by atoms with Gasteiger partial charge < -0.3 is 24.4 Å². The maximum absolute atomic E-state index is 12.5. The highest BCUT2D eigenvalue weighted by Crippen LogP contribution is 2.35. The van der Waals surface area contributed by atoms with Gasteiger partial charge >= 0.3 is 0 Å². The Hall–Kier alpha value is -3.22. The van der Waals surface area contributed by atoms with Crippen LogP contribution in [0.4, 0.5) is 5.69 Å². The first-order valence-electron chi connectivity index (χ1n) is 9.83. The van der Waals surface area contributed by atoms with E-state index in [-0.39, 0.29) is 30.7 Å². The molecule has 1 fully saturated rings. The Bertz CT molecular complexity index is 897. The van der Waals surface area contributed by atoms with Crippen LogP contribution in [0.5, 0.6) is 17.2 Å². The lowest BCUT2D eigenvalue weighted by molar-refractivity contribution is -0.121.